The van der Waals surface area contributed by atoms with Crippen LogP contribution in [0.3, 0.4) is 0 Å². The minimum Gasteiger partial charge on any atom is -0.496 e. The lowest BCUT2D eigenvalue weighted by Gasteiger charge is -2.07. The van der Waals surface area contributed by atoms with Crippen molar-refractivity contribution >= 4 is 29.4 Å². The minimum absolute atomic E-state index is 0.0585. The highest BCUT2D eigenvalue weighted by atomic mass is 35.5. The van der Waals surface area contributed by atoms with E-state index < -0.39 is 10.8 Å². The van der Waals surface area contributed by atoms with E-state index in [1.807, 2.05) is 0 Å². The van der Waals surface area contributed by atoms with E-state index in [1.165, 1.54) is 37.6 Å². The summed E-state index contributed by atoms with van der Waals surface area (Å²) in [5.41, 5.74) is 2.98. The van der Waals surface area contributed by atoms with Crippen LogP contribution in [-0.2, 0) is 0 Å². The summed E-state index contributed by atoms with van der Waals surface area (Å²) in [6, 6.07) is 10.5. The van der Waals surface area contributed by atoms with E-state index in [1.54, 1.807) is 18.2 Å². The second kappa shape index (κ2) is 7.37. The van der Waals surface area contributed by atoms with Crippen molar-refractivity contribution in [2.24, 2.45) is 5.10 Å². The summed E-state index contributed by atoms with van der Waals surface area (Å²) in [6.45, 7) is 0. The molecule has 1 amide bonds. The van der Waals surface area contributed by atoms with Gasteiger partial charge in [0.2, 0.25) is 0 Å². The maximum Gasteiger partial charge on any atom is 0.275 e. The summed E-state index contributed by atoms with van der Waals surface area (Å²) in [5, 5.41) is 14.9. The molecule has 0 atom stereocenters. The molecule has 2 rings (SSSR count). The van der Waals surface area contributed by atoms with Gasteiger partial charge in [-0.2, -0.15) is 5.10 Å². The maximum atomic E-state index is 12.1. The fourth-order valence-corrected chi connectivity index (χ4v) is 1.97. The van der Waals surface area contributed by atoms with Crippen LogP contribution in [0.2, 0.25) is 5.02 Å². The second-order valence-electron chi connectivity index (χ2n) is 4.40. The first-order valence-corrected chi connectivity index (χ1v) is 6.80. The fourth-order valence-electron chi connectivity index (χ4n) is 1.80. The lowest BCUT2D eigenvalue weighted by molar-refractivity contribution is -0.384. The smallest absolute Gasteiger partial charge is 0.275 e. The van der Waals surface area contributed by atoms with Gasteiger partial charge in [-0.25, -0.2) is 5.43 Å². The van der Waals surface area contributed by atoms with Crippen LogP contribution < -0.4 is 10.2 Å². The zero-order valence-electron chi connectivity index (χ0n) is 12.0. The van der Waals surface area contributed by atoms with Gasteiger partial charge >= 0.3 is 0 Å². The third kappa shape index (κ3) is 4.27. The number of amides is 1. The van der Waals surface area contributed by atoms with Gasteiger partial charge in [0, 0.05) is 22.7 Å². The lowest BCUT2D eigenvalue weighted by atomic mass is 10.2. The average Bonchev–Trinajstić information content (AvgIpc) is 2.55. The molecule has 0 heterocycles. The Kier molecular flexibility index (Phi) is 5.27. The molecule has 0 saturated carbocycles. The molecule has 0 bridgehead atoms. The van der Waals surface area contributed by atoms with E-state index in [0.717, 1.165) is 0 Å². The molecule has 0 aliphatic rings. The summed E-state index contributed by atoms with van der Waals surface area (Å²) < 4.78 is 5.08. The Balaban J connectivity index is 2.11. The normalized spacial score (nSPS) is 10.5. The molecule has 7 nitrogen and oxygen atoms in total. The van der Waals surface area contributed by atoms with Gasteiger partial charge in [0.25, 0.3) is 11.6 Å². The maximum absolute atomic E-state index is 12.1. The highest BCUT2D eigenvalue weighted by Gasteiger charge is 2.12. The molecule has 23 heavy (non-hydrogen) atoms. The molecule has 0 aliphatic heterocycles. The molecule has 2 aromatic carbocycles. The number of hydrazone groups is 1. The predicted molar refractivity (Wildman–Crippen MR) is 86.2 cm³/mol. The van der Waals surface area contributed by atoms with Crippen molar-refractivity contribution in [2.45, 2.75) is 0 Å². The van der Waals surface area contributed by atoms with Crippen LogP contribution in [0.15, 0.2) is 47.6 Å². The van der Waals surface area contributed by atoms with Gasteiger partial charge in [0.15, 0.2) is 0 Å². The van der Waals surface area contributed by atoms with E-state index in [-0.39, 0.29) is 11.3 Å². The number of non-ortho nitro benzene ring substituents is 1. The molecule has 0 saturated heterocycles. The number of carbonyl (C=O) groups is 1. The van der Waals surface area contributed by atoms with E-state index >= 15 is 0 Å². The monoisotopic (exact) mass is 333 g/mol. The third-order valence-electron chi connectivity index (χ3n) is 2.87. The first-order chi connectivity index (χ1) is 11.0. The molecule has 0 aromatic heterocycles. The van der Waals surface area contributed by atoms with Crippen LogP contribution in [0, 0.1) is 10.1 Å². The third-order valence-corrected chi connectivity index (χ3v) is 3.10. The van der Waals surface area contributed by atoms with Gasteiger partial charge in [0.05, 0.1) is 23.8 Å². The van der Waals surface area contributed by atoms with Crippen LogP contribution in [0.4, 0.5) is 5.69 Å². The molecule has 2 aromatic rings. The predicted octanol–water partition coefficient (Wildman–Crippen LogP) is 3.02. The molecular weight excluding hydrogens is 322 g/mol. The van der Waals surface area contributed by atoms with Crippen molar-refractivity contribution in [1.82, 2.24) is 5.43 Å². The van der Waals surface area contributed by atoms with Crippen molar-refractivity contribution in [3.8, 4) is 5.75 Å². The van der Waals surface area contributed by atoms with Crippen LogP contribution in [0.25, 0.3) is 0 Å². The van der Waals surface area contributed by atoms with Gasteiger partial charge in [-0.1, -0.05) is 23.7 Å². The first kappa shape index (κ1) is 16.4. The van der Waals surface area contributed by atoms with Crippen LogP contribution >= 0.6 is 11.6 Å². The fraction of sp³-hybridized carbons (Fsp3) is 0.0667. The van der Waals surface area contributed by atoms with Crippen molar-refractivity contribution < 1.29 is 14.5 Å². The highest BCUT2D eigenvalue weighted by molar-refractivity contribution is 6.31. The van der Waals surface area contributed by atoms with E-state index in [0.29, 0.717) is 16.3 Å². The van der Waals surface area contributed by atoms with Crippen LogP contribution in [0.5, 0.6) is 5.75 Å². The second-order valence-corrected chi connectivity index (χ2v) is 4.83. The zero-order valence-corrected chi connectivity index (χ0v) is 12.8. The topological polar surface area (TPSA) is 93.8 Å². The Hall–Kier alpha value is -2.93. The number of hydrogen-bond donors (Lipinski definition) is 1. The zero-order chi connectivity index (χ0) is 16.8. The molecule has 118 valence electrons. The standard InChI is InChI=1S/C15H12ClN3O4/c1-23-14-6-5-11(16)8-13(14)15(20)18-17-9-10-3-2-4-12(7-10)19(21)22/h2-9H,1H3,(H,18,20). The number of nitrogens with one attached hydrogen (secondary N) is 1. The summed E-state index contributed by atoms with van der Waals surface area (Å²) in [7, 11) is 1.44. The van der Waals surface area contributed by atoms with Gasteiger partial charge in [0.1, 0.15) is 5.75 Å². The Labute approximate surface area is 136 Å². The molecule has 0 radical (unpaired) electrons. The van der Waals surface area contributed by atoms with Gasteiger partial charge in [-0.15, -0.1) is 0 Å². The number of ether oxygens (including phenoxy) is 1. The number of hydrogen-bond acceptors (Lipinski definition) is 5. The number of rotatable bonds is 5. The SMILES string of the molecule is COc1ccc(Cl)cc1C(=O)NN=Cc1cccc([N+](=O)[O-])c1. The summed E-state index contributed by atoms with van der Waals surface area (Å²) in [5.74, 6) is -0.150. The molecular formula is C15H12ClN3O4. The molecule has 8 heteroatoms. The number of halogens is 1. The minimum atomic E-state index is -0.508. The molecule has 1 N–H and O–H groups in total. The number of nitro groups is 1. The Morgan fingerprint density at radius 3 is 2.83 bits per heavy atom. The van der Waals surface area contributed by atoms with Crippen LogP contribution in [0.1, 0.15) is 15.9 Å². The van der Waals surface area contributed by atoms with Crippen molar-refractivity contribution in [1.29, 1.82) is 0 Å². The van der Waals surface area contributed by atoms with E-state index in [4.69, 9.17) is 16.3 Å². The first-order valence-electron chi connectivity index (χ1n) is 6.42. The number of benzene rings is 2. The molecule has 0 spiro atoms. The summed E-state index contributed by atoms with van der Waals surface area (Å²) in [6.07, 6.45) is 1.31. The van der Waals surface area contributed by atoms with Crippen LogP contribution in [-0.4, -0.2) is 24.2 Å². The van der Waals surface area contributed by atoms with Crippen molar-refractivity contribution in [3.05, 3.63) is 68.7 Å². The Morgan fingerprint density at radius 1 is 1.35 bits per heavy atom. The van der Waals surface area contributed by atoms with Crippen molar-refractivity contribution in [2.75, 3.05) is 7.11 Å². The Bertz CT molecular complexity index is 777. The Morgan fingerprint density at radius 2 is 2.13 bits per heavy atom. The molecule has 0 fully saturated rings. The largest absolute Gasteiger partial charge is 0.496 e. The average molecular weight is 334 g/mol. The lowest BCUT2D eigenvalue weighted by Crippen LogP contribution is -2.18. The summed E-state index contributed by atoms with van der Waals surface area (Å²) in [4.78, 5) is 22.3. The number of nitrogens with zero attached hydrogens (tertiary/aromatic N) is 2. The van der Waals surface area contributed by atoms with Gasteiger partial charge in [-0.05, 0) is 18.2 Å². The van der Waals surface area contributed by atoms with Crippen molar-refractivity contribution in [3.63, 3.8) is 0 Å². The number of methoxy groups -OCH3 is 1. The van der Waals surface area contributed by atoms with Gasteiger partial charge < -0.3 is 4.74 Å². The summed E-state index contributed by atoms with van der Waals surface area (Å²) >= 11 is 5.86. The van der Waals surface area contributed by atoms with Gasteiger partial charge in [-0.3, -0.25) is 14.9 Å². The number of carbonyl (C=O) groups excluding carboxylic acids is 1. The highest BCUT2D eigenvalue weighted by Crippen LogP contribution is 2.22. The van der Waals surface area contributed by atoms with E-state index in [2.05, 4.69) is 10.5 Å². The molecule has 0 unspecified atom stereocenters. The quantitative estimate of drug-likeness (QED) is 0.517. The molecule has 0 aliphatic carbocycles. The number of nitro benzene ring substituents is 1. The van der Waals surface area contributed by atoms with E-state index in [9.17, 15) is 14.9 Å².